The Bertz CT molecular complexity index is 2470. The Morgan fingerprint density at radius 3 is 2.35 bits per heavy atom. The predicted molar refractivity (Wildman–Crippen MR) is 281 cm³/mol. The third kappa shape index (κ3) is 12.7. The number of esters is 2. The van der Waals surface area contributed by atoms with E-state index in [1.54, 1.807) is 63.5 Å². The molecule has 75 heavy (non-hydrogen) atoms. The average molecular weight is 1070 g/mol. The molecule has 4 saturated heterocycles. The normalized spacial score (nSPS) is 37.2. The number of rotatable bonds is 15. The minimum absolute atomic E-state index is 0.0803. The Morgan fingerprint density at radius 2 is 1.68 bits per heavy atom. The zero-order chi connectivity index (χ0) is 54.7. The van der Waals surface area contributed by atoms with Gasteiger partial charge in [-0.3, -0.25) is 24.2 Å². The lowest BCUT2D eigenvalue weighted by atomic mass is 9.70. The summed E-state index contributed by atoms with van der Waals surface area (Å²) in [6.07, 6.45) is 3.77. The maximum Gasteiger partial charge on any atom is 0.320 e. The maximum absolute atomic E-state index is 14.9. The number of ketones is 1. The van der Waals surface area contributed by atoms with Gasteiger partial charge in [-0.15, -0.1) is 11.8 Å². The number of carbonyl (C=O) groups is 4. The first kappa shape index (κ1) is 58.4. The number of nitrogens with zero attached hydrogens (tertiary/aromatic N) is 5. The van der Waals surface area contributed by atoms with E-state index in [1.165, 1.54) is 18.0 Å². The first-order valence-corrected chi connectivity index (χ1v) is 27.5. The Morgan fingerprint density at radius 1 is 0.960 bits per heavy atom. The summed E-state index contributed by atoms with van der Waals surface area (Å²) in [5, 5.41) is 24.3. The van der Waals surface area contributed by atoms with Crippen molar-refractivity contribution in [3.05, 3.63) is 42.6 Å². The Hall–Kier alpha value is -4.32. The molecule has 416 valence electrons. The number of carbonyl (C=O) groups excluding carboxylic acids is 4. The standard InChI is InChI=1S/C54H81N7O13S/c1-13-38-54(8)41(46(51(67)74-54)75-21-20-61-28-58-42-43(61)36(27-57-48(42)55)49(65)59-33-16-18-56-19-17-33)31(4)44(63)29(2)24-52(6,68-11)25-30(3)45(32(5)50(66)72-38)73-40-26-53(7,69-12)47(64)37(71-40)15-14-35-22-34(60(9)10)23-39(62)70-35/h16-19,27-32,34-35,37-41,45-47,62,64H,13-15,20-26H2,1-12H3,(H2,55,57)(H,56,59,65)/t29-,30-,31-,32-,34+,35-,37+,38-,39-,40+,41+,45+,46?,47+,52-,53-,54-/m1/s1. The summed E-state index contributed by atoms with van der Waals surface area (Å²) < 4.78 is 46.4. The lowest BCUT2D eigenvalue weighted by Crippen LogP contribution is -2.58. The molecule has 4 aliphatic rings. The molecule has 0 saturated carbocycles. The van der Waals surface area contributed by atoms with Crippen molar-refractivity contribution >= 4 is 57.9 Å². The monoisotopic (exact) mass is 1070 g/mol. The number of Topliss-reactive ketones (excluding diaryl/α,β-unsaturated/α-hetero) is 1. The van der Waals surface area contributed by atoms with Crippen LogP contribution in [0.2, 0.25) is 0 Å². The number of cyclic esters (lactones) is 1. The molecule has 4 aliphatic heterocycles. The minimum atomic E-state index is -1.43. The number of hydrogen-bond donors (Lipinski definition) is 4. The topological polar surface area (TPSA) is 258 Å². The zero-order valence-electron chi connectivity index (χ0n) is 45.7. The van der Waals surface area contributed by atoms with Crippen LogP contribution in [-0.2, 0) is 54.1 Å². The molecule has 0 aliphatic carbocycles. The van der Waals surface area contributed by atoms with Crippen LogP contribution in [0.4, 0.5) is 11.5 Å². The molecule has 4 fully saturated rings. The van der Waals surface area contributed by atoms with Crippen LogP contribution < -0.4 is 11.1 Å². The molecule has 21 heteroatoms. The van der Waals surface area contributed by atoms with Gasteiger partial charge < -0.3 is 63.9 Å². The molecule has 1 unspecified atom stereocenters. The van der Waals surface area contributed by atoms with Crippen LogP contribution in [0.15, 0.2) is 37.1 Å². The highest BCUT2D eigenvalue weighted by atomic mass is 32.2. The van der Waals surface area contributed by atoms with E-state index in [0.717, 1.165) is 0 Å². The summed E-state index contributed by atoms with van der Waals surface area (Å²) in [6, 6.07) is 3.47. The fourth-order valence-electron chi connectivity index (χ4n) is 12.3. The number of anilines is 2. The molecular formula is C54H81N7O13S. The van der Waals surface area contributed by atoms with Crippen LogP contribution in [0.25, 0.3) is 11.0 Å². The van der Waals surface area contributed by atoms with E-state index < -0.39 is 101 Å². The minimum Gasteiger partial charge on any atom is -0.458 e. The van der Waals surface area contributed by atoms with Crippen molar-refractivity contribution < 1.29 is 62.5 Å². The third-order valence-corrected chi connectivity index (χ3v) is 17.9. The molecule has 0 spiro atoms. The van der Waals surface area contributed by atoms with E-state index in [0.29, 0.717) is 67.5 Å². The first-order chi connectivity index (χ1) is 35.5. The number of nitrogens with one attached hydrogen (secondary N) is 1. The number of amides is 1. The summed E-state index contributed by atoms with van der Waals surface area (Å²) in [7, 11) is 7.11. The van der Waals surface area contributed by atoms with Crippen molar-refractivity contribution in [2.45, 2.75) is 184 Å². The Labute approximate surface area is 445 Å². The van der Waals surface area contributed by atoms with Crippen molar-refractivity contribution in [2.24, 2.45) is 29.6 Å². The number of pyridine rings is 2. The zero-order valence-corrected chi connectivity index (χ0v) is 46.5. The van der Waals surface area contributed by atoms with Crippen LogP contribution in [0.5, 0.6) is 0 Å². The summed E-state index contributed by atoms with van der Waals surface area (Å²) in [4.78, 5) is 72.5. The lowest BCUT2D eigenvalue weighted by Gasteiger charge is -2.47. The summed E-state index contributed by atoms with van der Waals surface area (Å²) in [5.41, 5.74) is 4.50. The Balaban J connectivity index is 1.14. The molecule has 0 bridgehead atoms. The van der Waals surface area contributed by atoms with Crippen molar-refractivity contribution in [1.29, 1.82) is 0 Å². The average Bonchev–Trinajstić information content (AvgIpc) is 3.92. The number of fused-ring (bicyclic) bond motifs is 2. The van der Waals surface area contributed by atoms with Crippen LogP contribution in [0.1, 0.15) is 117 Å². The van der Waals surface area contributed by atoms with Gasteiger partial charge in [-0.2, -0.15) is 0 Å². The molecule has 20 nitrogen and oxygen atoms in total. The second-order valence-electron chi connectivity index (χ2n) is 22.3. The second-order valence-corrected chi connectivity index (χ2v) is 23.6. The second kappa shape index (κ2) is 24.1. The van der Waals surface area contributed by atoms with Gasteiger partial charge in [0, 0.05) is 87.4 Å². The number of thioether (sulfide) groups is 1. The number of imidazole rings is 1. The van der Waals surface area contributed by atoms with Gasteiger partial charge >= 0.3 is 11.9 Å². The van der Waals surface area contributed by atoms with Gasteiger partial charge in [0.25, 0.3) is 5.91 Å². The van der Waals surface area contributed by atoms with E-state index in [1.807, 2.05) is 55.6 Å². The highest BCUT2D eigenvalue weighted by molar-refractivity contribution is 8.00. The molecule has 7 heterocycles. The molecule has 1 amide bonds. The molecule has 3 aromatic heterocycles. The number of aromatic nitrogens is 4. The predicted octanol–water partition coefficient (Wildman–Crippen LogP) is 5.80. The summed E-state index contributed by atoms with van der Waals surface area (Å²) in [6.45, 7) is 15.1. The number of aryl methyl sites for hydroxylation is 1. The Kier molecular flexibility index (Phi) is 18.8. The van der Waals surface area contributed by atoms with Crippen molar-refractivity contribution in [1.82, 2.24) is 24.4 Å². The highest BCUT2D eigenvalue weighted by Gasteiger charge is 2.61. The van der Waals surface area contributed by atoms with Gasteiger partial charge in [-0.05, 0) is 98.4 Å². The fraction of sp³-hybridized carbons (Fsp3) is 0.722. The summed E-state index contributed by atoms with van der Waals surface area (Å²) in [5.74, 6) is -4.32. The lowest BCUT2D eigenvalue weighted by molar-refractivity contribution is -0.302. The molecule has 0 aromatic carbocycles. The van der Waals surface area contributed by atoms with Crippen LogP contribution in [-0.4, -0.2) is 164 Å². The van der Waals surface area contributed by atoms with Crippen molar-refractivity contribution in [3.8, 4) is 0 Å². The number of ether oxygens (including phenoxy) is 7. The number of methoxy groups -OCH3 is 2. The van der Waals surface area contributed by atoms with Gasteiger partial charge in [-0.1, -0.05) is 27.7 Å². The molecule has 5 N–H and O–H groups in total. The number of aliphatic hydroxyl groups excluding tert-OH is 2. The molecule has 3 aromatic rings. The van der Waals surface area contributed by atoms with E-state index >= 15 is 0 Å². The smallest absolute Gasteiger partial charge is 0.320 e. The fourth-order valence-corrected chi connectivity index (χ4v) is 13.7. The van der Waals surface area contributed by atoms with E-state index in [9.17, 15) is 29.4 Å². The molecule has 17 atom stereocenters. The molecular weight excluding hydrogens is 987 g/mol. The largest absolute Gasteiger partial charge is 0.458 e. The van der Waals surface area contributed by atoms with Gasteiger partial charge in [0.15, 0.2) is 24.0 Å². The van der Waals surface area contributed by atoms with E-state index in [2.05, 4.69) is 25.2 Å². The van der Waals surface area contributed by atoms with E-state index in [-0.39, 0.29) is 48.1 Å². The molecule has 0 radical (unpaired) electrons. The van der Waals surface area contributed by atoms with Crippen LogP contribution >= 0.6 is 11.8 Å². The molecule has 7 rings (SSSR count). The van der Waals surface area contributed by atoms with Crippen LogP contribution in [0.3, 0.4) is 0 Å². The maximum atomic E-state index is 14.9. The number of nitrogens with two attached hydrogens (primary N) is 1. The number of aliphatic hydroxyl groups is 2. The van der Waals surface area contributed by atoms with Gasteiger partial charge in [0.1, 0.15) is 28.8 Å². The quantitative estimate of drug-likeness (QED) is 0.131. The third-order valence-electron chi connectivity index (χ3n) is 16.7. The summed E-state index contributed by atoms with van der Waals surface area (Å²) >= 11 is 1.33. The number of nitrogen functional groups attached to an aromatic ring is 1. The first-order valence-electron chi connectivity index (χ1n) is 26.4. The highest BCUT2D eigenvalue weighted by Crippen LogP contribution is 2.49. The van der Waals surface area contributed by atoms with Gasteiger partial charge in [0.05, 0.1) is 52.8 Å². The van der Waals surface area contributed by atoms with Crippen molar-refractivity contribution in [3.63, 3.8) is 0 Å². The van der Waals surface area contributed by atoms with Gasteiger partial charge in [0.2, 0.25) is 0 Å². The van der Waals surface area contributed by atoms with Crippen molar-refractivity contribution in [2.75, 3.05) is 45.1 Å². The van der Waals surface area contributed by atoms with Crippen LogP contribution in [0, 0.1) is 29.6 Å². The SMILES string of the molecule is CC[C@H]1OC(=O)[C@H](C)[C@@H](O[C@H]2C[C@@](C)(OC)[C@@H](O)[C@H](CC[C@@H]3C[C@H](N(C)C)C[C@H](O)O3)O2)[C@H](C)C[C@](C)(OC)C[C@@H](C)C(=O)[C@H](C)[C@H]2C(SCCn3cnc4c(N)ncc(C(=O)Nc5ccncc5)c43)C(=O)O[C@@]21C. The van der Waals surface area contributed by atoms with Gasteiger partial charge in [-0.25, -0.2) is 9.97 Å². The van der Waals surface area contributed by atoms with E-state index in [4.69, 9.17) is 38.9 Å². The number of hydrogen-bond acceptors (Lipinski definition) is 19.